The van der Waals surface area contributed by atoms with Crippen molar-refractivity contribution in [2.75, 3.05) is 20.2 Å². The normalized spacial score (nSPS) is 17.0. The molecule has 1 aromatic rings. The zero-order chi connectivity index (χ0) is 14.4. The lowest BCUT2D eigenvalue weighted by Gasteiger charge is -2.26. The number of piperidine rings is 1. The first-order valence-corrected chi connectivity index (χ1v) is 6.76. The van der Waals surface area contributed by atoms with Gasteiger partial charge in [0.15, 0.2) is 0 Å². The lowest BCUT2D eigenvalue weighted by atomic mass is 9.83. The Balaban J connectivity index is 2.51. The summed E-state index contributed by atoms with van der Waals surface area (Å²) in [4.78, 5) is 11.9. The third-order valence-electron chi connectivity index (χ3n) is 3.60. The van der Waals surface area contributed by atoms with E-state index in [4.69, 9.17) is 4.74 Å². The van der Waals surface area contributed by atoms with Crippen LogP contribution in [-0.2, 0) is 9.53 Å². The molecule has 1 aliphatic heterocycles. The van der Waals surface area contributed by atoms with Crippen molar-refractivity contribution in [1.82, 2.24) is 5.32 Å². The summed E-state index contributed by atoms with van der Waals surface area (Å²) in [6.45, 7) is 1.81. The molecule has 104 valence electrons. The fraction of sp³-hybridized carbons (Fsp3) is 0.375. The highest BCUT2D eigenvalue weighted by molar-refractivity contribution is 6.02. The number of nitriles is 1. The summed E-state index contributed by atoms with van der Waals surface area (Å²) in [5.74, 6) is -0.336. The molecular formula is C16H18N2O2. The molecule has 4 nitrogen and oxygen atoms in total. The lowest BCUT2D eigenvalue weighted by molar-refractivity contribution is -0.135. The number of hydrogen-bond acceptors (Lipinski definition) is 4. The lowest BCUT2D eigenvalue weighted by Crippen LogP contribution is -2.29. The smallest absolute Gasteiger partial charge is 0.348 e. The van der Waals surface area contributed by atoms with Crippen LogP contribution in [0.1, 0.15) is 18.4 Å². The topological polar surface area (TPSA) is 62.1 Å². The highest BCUT2D eigenvalue weighted by Crippen LogP contribution is 2.33. The number of carbonyl (C=O) groups excluding carboxylic acids is 1. The molecule has 0 radical (unpaired) electrons. The quantitative estimate of drug-likeness (QED) is 0.519. The number of nitrogens with zero attached hydrogens (tertiary/aromatic N) is 1. The monoisotopic (exact) mass is 270 g/mol. The minimum Gasteiger partial charge on any atom is -0.465 e. The molecule has 1 N–H and O–H groups in total. The van der Waals surface area contributed by atoms with Crippen LogP contribution in [0.5, 0.6) is 0 Å². The Morgan fingerprint density at radius 1 is 1.30 bits per heavy atom. The second-order valence-electron chi connectivity index (χ2n) is 4.78. The van der Waals surface area contributed by atoms with E-state index < -0.39 is 5.97 Å². The Morgan fingerprint density at radius 3 is 2.50 bits per heavy atom. The van der Waals surface area contributed by atoms with Crippen LogP contribution < -0.4 is 5.32 Å². The van der Waals surface area contributed by atoms with Crippen molar-refractivity contribution in [3.8, 4) is 6.07 Å². The number of benzene rings is 1. The molecule has 0 saturated carbocycles. The summed E-state index contributed by atoms with van der Waals surface area (Å²) in [6, 6.07) is 11.7. The van der Waals surface area contributed by atoms with Gasteiger partial charge in [-0.1, -0.05) is 30.3 Å². The van der Waals surface area contributed by atoms with Crippen LogP contribution in [0.25, 0.3) is 5.57 Å². The van der Waals surface area contributed by atoms with Crippen LogP contribution in [0.2, 0.25) is 0 Å². The zero-order valence-corrected chi connectivity index (χ0v) is 11.6. The number of esters is 1. The van der Waals surface area contributed by atoms with E-state index in [2.05, 4.69) is 5.32 Å². The van der Waals surface area contributed by atoms with Crippen molar-refractivity contribution in [2.45, 2.75) is 12.8 Å². The Labute approximate surface area is 119 Å². The molecule has 1 saturated heterocycles. The van der Waals surface area contributed by atoms with E-state index in [1.165, 1.54) is 7.11 Å². The number of ether oxygens (including phenoxy) is 1. The molecule has 1 aromatic carbocycles. The van der Waals surface area contributed by atoms with E-state index in [1.807, 2.05) is 36.4 Å². The van der Waals surface area contributed by atoms with E-state index in [-0.39, 0.29) is 11.5 Å². The van der Waals surface area contributed by atoms with Gasteiger partial charge in [-0.15, -0.1) is 0 Å². The van der Waals surface area contributed by atoms with Gasteiger partial charge in [-0.25, -0.2) is 4.79 Å². The van der Waals surface area contributed by atoms with E-state index >= 15 is 0 Å². The Morgan fingerprint density at radius 2 is 1.95 bits per heavy atom. The van der Waals surface area contributed by atoms with Crippen LogP contribution >= 0.6 is 0 Å². The number of allylic oxidation sites excluding steroid dienone is 1. The van der Waals surface area contributed by atoms with Crippen molar-refractivity contribution >= 4 is 11.5 Å². The molecule has 4 heteroatoms. The van der Waals surface area contributed by atoms with Crippen molar-refractivity contribution < 1.29 is 9.53 Å². The highest BCUT2D eigenvalue weighted by atomic mass is 16.5. The van der Waals surface area contributed by atoms with Crippen LogP contribution in [0.15, 0.2) is 35.9 Å². The number of hydrogen-bond donors (Lipinski definition) is 1. The molecule has 1 aliphatic rings. The standard InChI is InChI=1S/C16H18N2O2/c1-20-16(19)14(11-17)15(12-5-3-2-4-6-12)13-7-9-18-10-8-13/h2-6,13,18H,7-10H2,1H3/b15-14-. The number of rotatable bonds is 3. The molecule has 1 fully saturated rings. The van der Waals surface area contributed by atoms with Crippen LogP contribution in [0.4, 0.5) is 0 Å². The van der Waals surface area contributed by atoms with Crippen molar-refractivity contribution in [1.29, 1.82) is 5.26 Å². The maximum Gasteiger partial charge on any atom is 0.348 e. The van der Waals surface area contributed by atoms with Gasteiger partial charge < -0.3 is 10.1 Å². The van der Waals surface area contributed by atoms with Crippen molar-refractivity contribution in [2.24, 2.45) is 5.92 Å². The Bertz CT molecular complexity index is 537. The summed E-state index contributed by atoms with van der Waals surface area (Å²) in [6.07, 6.45) is 1.85. The second kappa shape index (κ2) is 6.88. The molecule has 0 aliphatic carbocycles. The van der Waals surface area contributed by atoms with E-state index in [0.29, 0.717) is 0 Å². The summed E-state index contributed by atoms with van der Waals surface area (Å²) < 4.78 is 4.76. The van der Waals surface area contributed by atoms with Gasteiger partial charge in [0, 0.05) is 0 Å². The fourth-order valence-corrected chi connectivity index (χ4v) is 2.63. The van der Waals surface area contributed by atoms with Gasteiger partial charge in [-0.05, 0) is 43.0 Å². The maximum absolute atomic E-state index is 11.9. The molecule has 0 atom stereocenters. The average molecular weight is 270 g/mol. The number of methoxy groups -OCH3 is 1. The Kier molecular flexibility index (Phi) is 4.91. The largest absolute Gasteiger partial charge is 0.465 e. The molecule has 20 heavy (non-hydrogen) atoms. The summed E-state index contributed by atoms with van der Waals surface area (Å²) in [5, 5.41) is 12.7. The zero-order valence-electron chi connectivity index (χ0n) is 11.6. The highest BCUT2D eigenvalue weighted by Gasteiger charge is 2.26. The Hall–Kier alpha value is -2.12. The van der Waals surface area contributed by atoms with Gasteiger partial charge in [-0.3, -0.25) is 0 Å². The van der Waals surface area contributed by atoms with Gasteiger partial charge >= 0.3 is 5.97 Å². The summed E-state index contributed by atoms with van der Waals surface area (Å²) in [7, 11) is 1.31. The predicted molar refractivity (Wildman–Crippen MR) is 76.6 cm³/mol. The first-order chi connectivity index (χ1) is 9.77. The van der Waals surface area contributed by atoms with E-state index in [0.717, 1.165) is 37.1 Å². The third-order valence-corrected chi connectivity index (χ3v) is 3.60. The van der Waals surface area contributed by atoms with Crippen molar-refractivity contribution in [3.05, 3.63) is 41.5 Å². The molecule has 0 amide bonds. The summed E-state index contributed by atoms with van der Waals surface area (Å²) in [5.41, 5.74) is 1.88. The van der Waals surface area contributed by atoms with Gasteiger partial charge in [0.2, 0.25) is 0 Å². The van der Waals surface area contributed by atoms with E-state index in [9.17, 15) is 10.1 Å². The first-order valence-electron chi connectivity index (χ1n) is 6.76. The van der Waals surface area contributed by atoms with Crippen LogP contribution in [0.3, 0.4) is 0 Å². The van der Waals surface area contributed by atoms with Gasteiger partial charge in [-0.2, -0.15) is 5.26 Å². The van der Waals surface area contributed by atoms with Crippen LogP contribution in [-0.4, -0.2) is 26.2 Å². The predicted octanol–water partition coefficient (Wildman–Crippen LogP) is 2.14. The van der Waals surface area contributed by atoms with Gasteiger partial charge in [0.25, 0.3) is 0 Å². The SMILES string of the molecule is COC(=O)/C(C#N)=C(/c1ccccc1)C1CCNCC1. The third kappa shape index (κ3) is 3.06. The minimum absolute atomic E-state index is 0.130. The fourth-order valence-electron chi connectivity index (χ4n) is 2.63. The minimum atomic E-state index is -0.551. The molecule has 0 unspecified atom stereocenters. The number of carbonyl (C=O) groups is 1. The number of nitrogens with one attached hydrogen (secondary N) is 1. The maximum atomic E-state index is 11.9. The van der Waals surface area contributed by atoms with Gasteiger partial charge in [0.05, 0.1) is 7.11 Å². The van der Waals surface area contributed by atoms with E-state index in [1.54, 1.807) is 0 Å². The molecule has 0 aromatic heterocycles. The first kappa shape index (κ1) is 14.3. The molecule has 0 spiro atoms. The van der Waals surface area contributed by atoms with Crippen LogP contribution in [0, 0.1) is 17.2 Å². The van der Waals surface area contributed by atoms with Crippen molar-refractivity contribution in [3.63, 3.8) is 0 Å². The molecule has 0 bridgehead atoms. The second-order valence-corrected chi connectivity index (χ2v) is 4.78. The summed E-state index contributed by atoms with van der Waals surface area (Å²) >= 11 is 0. The molecule has 1 heterocycles. The molecular weight excluding hydrogens is 252 g/mol. The molecule has 2 rings (SSSR count). The van der Waals surface area contributed by atoms with Gasteiger partial charge in [0.1, 0.15) is 11.6 Å². The average Bonchev–Trinajstić information content (AvgIpc) is 2.53.